The minimum atomic E-state index is -1.18. The summed E-state index contributed by atoms with van der Waals surface area (Å²) in [5.74, 6) is 0.690. The molecule has 0 aromatic carbocycles. The van der Waals surface area contributed by atoms with Crippen LogP contribution in [0.3, 0.4) is 0 Å². The number of imidazole rings is 1. The van der Waals surface area contributed by atoms with Crippen LogP contribution in [0.15, 0.2) is 11.5 Å². The Morgan fingerprint density at radius 2 is 1.97 bits per heavy atom. The van der Waals surface area contributed by atoms with Crippen molar-refractivity contribution < 1.29 is 20.1 Å². The van der Waals surface area contributed by atoms with Crippen LogP contribution in [0.1, 0.15) is 52.2 Å². The standard InChI is InChI=1S/C19H29N5O4S/c1-10(2)29-19-22-16(21-11-6-4-3-5-7-11)13-17(23-19)24(9-20-13)18-15(27)14(26)12(8-25)28-18/h9-12,14-15,18,25-27H,3-8H2,1-2H3,(H,21,22,23)/t12-,14-,15-,18-/m1/s1. The van der Waals surface area contributed by atoms with Crippen LogP contribution in [0, 0.1) is 0 Å². The van der Waals surface area contributed by atoms with Crippen molar-refractivity contribution in [3.05, 3.63) is 6.33 Å². The third kappa shape index (κ3) is 4.22. The van der Waals surface area contributed by atoms with Crippen molar-refractivity contribution in [1.29, 1.82) is 0 Å². The average Bonchev–Trinajstić information content (AvgIpc) is 3.24. The molecule has 1 saturated carbocycles. The summed E-state index contributed by atoms with van der Waals surface area (Å²) in [6.07, 6.45) is 3.36. The molecule has 0 bridgehead atoms. The van der Waals surface area contributed by atoms with E-state index in [9.17, 15) is 15.3 Å². The molecule has 29 heavy (non-hydrogen) atoms. The lowest BCUT2D eigenvalue weighted by molar-refractivity contribution is -0.0511. The van der Waals surface area contributed by atoms with Crippen molar-refractivity contribution in [2.24, 2.45) is 0 Å². The number of nitrogens with one attached hydrogen (secondary N) is 1. The quantitative estimate of drug-likeness (QED) is 0.405. The summed E-state index contributed by atoms with van der Waals surface area (Å²) in [5.41, 5.74) is 1.15. The highest BCUT2D eigenvalue weighted by Gasteiger charge is 2.44. The number of rotatable bonds is 6. The molecule has 1 aliphatic carbocycles. The van der Waals surface area contributed by atoms with Crippen LogP contribution in [0.4, 0.5) is 5.82 Å². The fourth-order valence-corrected chi connectivity index (χ4v) is 4.70. The molecule has 3 heterocycles. The van der Waals surface area contributed by atoms with Crippen molar-refractivity contribution in [2.75, 3.05) is 11.9 Å². The van der Waals surface area contributed by atoms with Gasteiger partial charge in [0.2, 0.25) is 0 Å². The Bertz CT molecular complexity index is 841. The Labute approximate surface area is 173 Å². The van der Waals surface area contributed by atoms with Crippen LogP contribution < -0.4 is 5.32 Å². The zero-order valence-corrected chi connectivity index (χ0v) is 17.5. The lowest BCUT2D eigenvalue weighted by Gasteiger charge is -2.23. The van der Waals surface area contributed by atoms with Crippen molar-refractivity contribution in [1.82, 2.24) is 19.5 Å². The SMILES string of the molecule is CC(C)Sc1nc(NC2CCCCC2)c2ncn([C@@H]3O[C@H](CO)[C@@H](O)[C@H]3O)c2n1. The van der Waals surface area contributed by atoms with E-state index in [1.807, 2.05) is 0 Å². The van der Waals surface area contributed by atoms with Gasteiger partial charge in [-0.2, -0.15) is 0 Å². The number of thioether (sulfide) groups is 1. The van der Waals surface area contributed by atoms with Gasteiger partial charge in [-0.15, -0.1) is 0 Å². The molecule has 4 N–H and O–H groups in total. The summed E-state index contributed by atoms with van der Waals surface area (Å²) in [6.45, 7) is 3.78. The number of anilines is 1. The van der Waals surface area contributed by atoms with E-state index in [0.717, 1.165) is 12.8 Å². The fraction of sp³-hybridized carbons (Fsp3) is 0.737. The van der Waals surface area contributed by atoms with E-state index in [1.165, 1.54) is 19.3 Å². The molecule has 0 unspecified atom stereocenters. The third-order valence-corrected chi connectivity index (χ3v) is 6.34. The first-order valence-electron chi connectivity index (χ1n) is 10.3. The fourth-order valence-electron chi connectivity index (χ4n) is 4.00. The molecule has 2 aliphatic rings. The van der Waals surface area contributed by atoms with E-state index < -0.39 is 24.5 Å². The van der Waals surface area contributed by atoms with E-state index in [-0.39, 0.29) is 6.61 Å². The van der Waals surface area contributed by atoms with Crippen LogP contribution in [0.5, 0.6) is 0 Å². The summed E-state index contributed by atoms with van der Waals surface area (Å²) < 4.78 is 7.31. The van der Waals surface area contributed by atoms with E-state index in [1.54, 1.807) is 22.7 Å². The Kier molecular flexibility index (Phi) is 6.26. The second-order valence-electron chi connectivity index (χ2n) is 8.05. The predicted molar refractivity (Wildman–Crippen MR) is 110 cm³/mol. The van der Waals surface area contributed by atoms with Gasteiger partial charge in [0.05, 0.1) is 12.9 Å². The Balaban J connectivity index is 1.72. The lowest BCUT2D eigenvalue weighted by atomic mass is 9.95. The van der Waals surface area contributed by atoms with Crippen LogP contribution >= 0.6 is 11.8 Å². The van der Waals surface area contributed by atoms with Gasteiger partial charge in [0.25, 0.3) is 0 Å². The van der Waals surface area contributed by atoms with Gasteiger partial charge in [0.1, 0.15) is 18.3 Å². The maximum absolute atomic E-state index is 10.4. The minimum Gasteiger partial charge on any atom is -0.394 e. The number of nitrogens with zero attached hydrogens (tertiary/aromatic N) is 4. The van der Waals surface area contributed by atoms with Crippen LogP contribution in [0.2, 0.25) is 0 Å². The first-order chi connectivity index (χ1) is 14.0. The molecular weight excluding hydrogens is 394 g/mol. The number of aliphatic hydroxyl groups excluding tert-OH is 3. The van der Waals surface area contributed by atoms with Gasteiger partial charge in [-0.05, 0) is 12.8 Å². The monoisotopic (exact) mass is 423 g/mol. The highest BCUT2D eigenvalue weighted by molar-refractivity contribution is 7.99. The molecule has 4 atom stereocenters. The molecule has 4 rings (SSSR count). The first-order valence-corrected chi connectivity index (χ1v) is 11.2. The highest BCUT2D eigenvalue weighted by Crippen LogP contribution is 2.34. The van der Waals surface area contributed by atoms with Crippen LogP contribution in [-0.4, -0.2) is 71.0 Å². The molecule has 160 valence electrons. The summed E-state index contributed by atoms with van der Waals surface area (Å²) in [4.78, 5) is 13.9. The van der Waals surface area contributed by atoms with Gasteiger partial charge in [-0.3, -0.25) is 4.57 Å². The first kappa shape index (κ1) is 20.8. The number of ether oxygens (including phenoxy) is 1. The number of hydrogen-bond acceptors (Lipinski definition) is 9. The molecule has 1 saturated heterocycles. The van der Waals surface area contributed by atoms with Gasteiger partial charge in [-0.25, -0.2) is 15.0 Å². The molecule has 2 aromatic heterocycles. The van der Waals surface area contributed by atoms with E-state index in [4.69, 9.17) is 9.72 Å². The zero-order chi connectivity index (χ0) is 20.5. The van der Waals surface area contributed by atoms with E-state index >= 15 is 0 Å². The molecule has 0 amide bonds. The van der Waals surface area contributed by atoms with Crippen LogP contribution in [-0.2, 0) is 4.74 Å². The van der Waals surface area contributed by atoms with Gasteiger partial charge in [0, 0.05) is 11.3 Å². The summed E-state index contributed by atoms with van der Waals surface area (Å²) >= 11 is 1.55. The van der Waals surface area contributed by atoms with Crippen molar-refractivity contribution in [2.45, 2.75) is 86.9 Å². The molecule has 0 spiro atoms. The highest BCUT2D eigenvalue weighted by atomic mass is 32.2. The number of fused-ring (bicyclic) bond motifs is 1. The maximum atomic E-state index is 10.4. The predicted octanol–water partition coefficient (Wildman–Crippen LogP) is 1.68. The lowest BCUT2D eigenvalue weighted by Crippen LogP contribution is -2.33. The Morgan fingerprint density at radius 1 is 1.21 bits per heavy atom. The van der Waals surface area contributed by atoms with Crippen LogP contribution in [0.25, 0.3) is 11.2 Å². The largest absolute Gasteiger partial charge is 0.394 e. The zero-order valence-electron chi connectivity index (χ0n) is 16.7. The number of aromatic nitrogens is 4. The van der Waals surface area contributed by atoms with Crippen molar-refractivity contribution >= 4 is 28.7 Å². The molecular formula is C19H29N5O4S. The van der Waals surface area contributed by atoms with Crippen molar-refractivity contribution in [3.8, 4) is 0 Å². The molecule has 2 aromatic rings. The number of hydrogen-bond donors (Lipinski definition) is 4. The molecule has 10 heteroatoms. The van der Waals surface area contributed by atoms with Gasteiger partial charge in [0.15, 0.2) is 28.4 Å². The average molecular weight is 424 g/mol. The van der Waals surface area contributed by atoms with Crippen molar-refractivity contribution in [3.63, 3.8) is 0 Å². The maximum Gasteiger partial charge on any atom is 0.191 e. The number of aliphatic hydroxyl groups is 3. The molecule has 0 radical (unpaired) electrons. The normalized spacial score (nSPS) is 28.5. The smallest absolute Gasteiger partial charge is 0.191 e. The minimum absolute atomic E-state index is 0.306. The topological polar surface area (TPSA) is 126 Å². The van der Waals surface area contributed by atoms with E-state index in [0.29, 0.717) is 33.4 Å². The molecule has 2 fully saturated rings. The summed E-state index contributed by atoms with van der Waals surface area (Å²) in [7, 11) is 0. The van der Waals surface area contributed by atoms with Gasteiger partial charge >= 0.3 is 0 Å². The van der Waals surface area contributed by atoms with Gasteiger partial charge in [-0.1, -0.05) is 44.9 Å². The second kappa shape index (κ2) is 8.73. The molecule has 9 nitrogen and oxygen atoms in total. The summed E-state index contributed by atoms with van der Waals surface area (Å²) in [5, 5.41) is 34.4. The Morgan fingerprint density at radius 3 is 2.62 bits per heavy atom. The summed E-state index contributed by atoms with van der Waals surface area (Å²) in [6, 6.07) is 0.359. The third-order valence-electron chi connectivity index (χ3n) is 5.48. The Hall–Kier alpha value is -1.46. The molecule has 1 aliphatic heterocycles. The van der Waals surface area contributed by atoms with E-state index in [2.05, 4.69) is 29.1 Å². The second-order valence-corrected chi connectivity index (χ2v) is 9.60. The van der Waals surface area contributed by atoms with Gasteiger partial charge < -0.3 is 25.4 Å².